The number of fused-ring (bicyclic) bond motifs is 40. The van der Waals surface area contributed by atoms with E-state index >= 15 is 0 Å². The highest BCUT2D eigenvalue weighted by Crippen LogP contribution is 2.71. The highest BCUT2D eigenvalue weighted by Gasteiger charge is 2.74. The van der Waals surface area contributed by atoms with E-state index < -0.39 is 21.7 Å². The monoisotopic (exact) mass is 1420 g/mol. The molecule has 15 aliphatic carbocycles. The van der Waals surface area contributed by atoms with Gasteiger partial charge in [-0.25, -0.2) is 0 Å². The molecule has 5 heterocycles. The van der Waals surface area contributed by atoms with Crippen molar-refractivity contribution in [2.24, 2.45) is 193 Å². The van der Waals surface area contributed by atoms with E-state index in [0.29, 0.717) is 59.2 Å². The molecular weight excluding hydrogens is 1290 g/mol. The summed E-state index contributed by atoms with van der Waals surface area (Å²) in [6, 6.07) is 0.539. The van der Waals surface area contributed by atoms with Gasteiger partial charge in [-0.15, -0.1) is 0 Å². The van der Waals surface area contributed by atoms with Crippen LogP contribution in [0, 0.1) is 193 Å². The minimum atomic E-state index is -0.403. The summed E-state index contributed by atoms with van der Waals surface area (Å²) in [5.74, 6) is 18.4. The van der Waals surface area contributed by atoms with Crippen LogP contribution in [-0.4, -0.2) is 115 Å². The third-order valence-corrected chi connectivity index (χ3v) is 36.3. The Morgan fingerprint density at radius 2 is 0.466 bits per heavy atom. The Morgan fingerprint density at radius 1 is 0.252 bits per heavy atom. The average molecular weight is 1420 g/mol. The van der Waals surface area contributed by atoms with Crippen molar-refractivity contribution in [3.8, 4) is 0 Å². The van der Waals surface area contributed by atoms with E-state index in [1.54, 1.807) is 24.5 Å². The van der Waals surface area contributed by atoms with Gasteiger partial charge in [0, 0.05) is 64.5 Å². The highest BCUT2D eigenvalue weighted by atomic mass is 16.2. The van der Waals surface area contributed by atoms with Gasteiger partial charge in [0.25, 0.3) is 0 Å². The SMILES string of the molecule is CCC(C)(C)C(=O)N1C(=O)C2C3CC(C4CCC43)C21.CCC(C)(C)C(=O)N1C(=O)C2C3CC(C4CCCCC43)C21.CCC(C)(C)C(=O)N1CC2C3CC(C4CCC43)C2C1=O.CCC(C)(C)C(=O)N1CC2C3CC(C4CCCC43)C2C1=O.CCC(C)(C)C(=O)N1CC2C3CC(C4CCCCC43)C2C1=O. The fourth-order valence-electron chi connectivity index (χ4n) is 28.9. The summed E-state index contributed by atoms with van der Waals surface area (Å²) in [4.78, 5) is 135. The Balaban J connectivity index is 0.0000000995. The molecule has 0 spiro atoms. The molecule has 15 saturated carbocycles. The lowest BCUT2D eigenvalue weighted by Gasteiger charge is -2.56. The lowest BCUT2D eigenvalue weighted by atomic mass is 9.58. The Bertz CT molecular complexity index is 3490. The van der Waals surface area contributed by atoms with Gasteiger partial charge in [0.15, 0.2) is 0 Å². The second-order valence-electron chi connectivity index (χ2n) is 41.7. The maximum absolute atomic E-state index is 13.0. The van der Waals surface area contributed by atoms with Crippen molar-refractivity contribution in [2.45, 2.75) is 276 Å². The van der Waals surface area contributed by atoms with Gasteiger partial charge in [0.1, 0.15) is 0 Å². The van der Waals surface area contributed by atoms with Gasteiger partial charge in [0.05, 0.1) is 23.9 Å². The van der Waals surface area contributed by atoms with Crippen molar-refractivity contribution >= 4 is 59.1 Å². The number of hydrogen-bond donors (Lipinski definition) is 0. The van der Waals surface area contributed by atoms with E-state index in [-0.39, 0.29) is 106 Å². The Kier molecular flexibility index (Phi) is 18.2. The van der Waals surface area contributed by atoms with Crippen molar-refractivity contribution in [1.29, 1.82) is 0 Å². The molecule has 0 radical (unpaired) electrons. The third kappa shape index (κ3) is 10.6. The van der Waals surface area contributed by atoms with E-state index in [9.17, 15) is 47.9 Å². The molecule has 30 unspecified atom stereocenters. The number of rotatable bonds is 10. The number of carbonyl (C=O) groups is 10. The number of imide groups is 5. The molecule has 15 heteroatoms. The molecule has 20 aliphatic rings. The van der Waals surface area contributed by atoms with Crippen LogP contribution in [0.15, 0.2) is 0 Å². The summed E-state index contributed by atoms with van der Waals surface area (Å²) in [6.07, 6.45) is 30.5. The van der Waals surface area contributed by atoms with Gasteiger partial charge in [-0.1, -0.05) is 136 Å². The molecule has 103 heavy (non-hydrogen) atoms. The number of likely N-dealkylation sites (tertiary alicyclic amines) is 5. The topological polar surface area (TPSA) is 187 Å². The minimum absolute atomic E-state index is 0.0612. The van der Waals surface area contributed by atoms with Crippen LogP contribution in [-0.2, 0) is 47.9 Å². The minimum Gasteiger partial charge on any atom is -0.282 e. The lowest BCUT2D eigenvalue weighted by molar-refractivity contribution is -0.182. The molecule has 10 bridgehead atoms. The van der Waals surface area contributed by atoms with Crippen LogP contribution >= 0.6 is 0 Å². The van der Waals surface area contributed by atoms with Crippen molar-refractivity contribution in [3.63, 3.8) is 0 Å². The van der Waals surface area contributed by atoms with Gasteiger partial charge >= 0.3 is 0 Å². The molecule has 5 aliphatic heterocycles. The quantitative estimate of drug-likeness (QED) is 0.190. The highest BCUT2D eigenvalue weighted by molar-refractivity contribution is 6.06. The van der Waals surface area contributed by atoms with Crippen LogP contribution in [0.25, 0.3) is 0 Å². The van der Waals surface area contributed by atoms with Crippen LogP contribution in [0.2, 0.25) is 0 Å². The molecule has 20 fully saturated rings. The van der Waals surface area contributed by atoms with Crippen molar-refractivity contribution in [1.82, 2.24) is 24.5 Å². The van der Waals surface area contributed by atoms with E-state index in [0.717, 1.165) is 129 Å². The fourth-order valence-corrected chi connectivity index (χ4v) is 28.9. The largest absolute Gasteiger partial charge is 0.282 e. The lowest BCUT2D eigenvalue weighted by Crippen LogP contribution is -2.69. The molecule has 20 rings (SSSR count). The van der Waals surface area contributed by atoms with Gasteiger partial charge in [-0.3, -0.25) is 72.4 Å². The van der Waals surface area contributed by atoms with Crippen molar-refractivity contribution < 1.29 is 47.9 Å². The zero-order valence-corrected chi connectivity index (χ0v) is 65.9. The second kappa shape index (κ2) is 25.7. The summed E-state index contributed by atoms with van der Waals surface area (Å²) in [5.41, 5.74) is -1.98. The first-order chi connectivity index (χ1) is 48.8. The smallest absolute Gasteiger partial charge is 0.235 e. The number of amides is 10. The van der Waals surface area contributed by atoms with Crippen LogP contribution in [0.5, 0.6) is 0 Å². The first kappa shape index (κ1) is 72.9. The molecule has 568 valence electrons. The summed E-state index contributed by atoms with van der Waals surface area (Å²) in [5, 5.41) is 0. The van der Waals surface area contributed by atoms with Gasteiger partial charge < -0.3 is 0 Å². The predicted octanol–water partition coefficient (Wildman–Crippen LogP) is 15.0. The zero-order valence-electron chi connectivity index (χ0n) is 65.9. The summed E-state index contributed by atoms with van der Waals surface area (Å²) in [6.45, 7) is 32.1. The third-order valence-electron chi connectivity index (χ3n) is 36.3. The molecule has 0 aromatic rings. The van der Waals surface area contributed by atoms with Crippen LogP contribution < -0.4 is 0 Å². The van der Waals surface area contributed by atoms with E-state index in [4.69, 9.17) is 0 Å². The summed E-state index contributed by atoms with van der Waals surface area (Å²) in [7, 11) is 0. The van der Waals surface area contributed by atoms with Gasteiger partial charge in [-0.05, 0) is 265 Å². The maximum Gasteiger partial charge on any atom is 0.235 e. The molecule has 10 amide bonds. The van der Waals surface area contributed by atoms with Gasteiger partial charge in [-0.2, -0.15) is 0 Å². The molecule has 30 atom stereocenters. The van der Waals surface area contributed by atoms with Crippen LogP contribution in [0.3, 0.4) is 0 Å². The fraction of sp³-hybridized carbons (Fsp3) is 0.886. The molecular formula is C88H131N5O10. The standard InChI is InChI=1S/C19H29NO2.2C18H27NO2.C17H25NO2.C16H23NO2/c1-4-19(2,3)18(22)20-10-15-13-9-14(16(15)17(20)21)12-8-6-5-7-11(12)13;1-4-18(2,3)17(21)19-9-14-12-8-13(15(14)16(19)20)11-7-5-6-10(11)12;1-4-18(2,3)17(21)19-15-13-9-12(14(15)16(19)20)10-7-5-6-8-11(10)13;1-4-17(2,3)16(20)18-8-13-11-7-12(14(13)15(18)19)10-6-5-9(10)11;1-4-16(2,3)15(19)17-13-11-7-10(12(13)14(17)18)8-5-6-9(8)11/h11-16H,4-10H2,1-3H3;2*10-15H,4-9H2,1-3H3;9-14H,4-8H2,1-3H3;8-13H,4-7H2,1-3H3. The van der Waals surface area contributed by atoms with E-state index in [1.165, 1.54) is 128 Å². The summed E-state index contributed by atoms with van der Waals surface area (Å²) < 4.78 is 0. The van der Waals surface area contributed by atoms with Crippen LogP contribution in [0.1, 0.15) is 264 Å². The van der Waals surface area contributed by atoms with Crippen molar-refractivity contribution in [3.05, 3.63) is 0 Å². The molecule has 15 nitrogen and oxygen atoms in total. The van der Waals surface area contributed by atoms with Crippen molar-refractivity contribution in [2.75, 3.05) is 19.6 Å². The van der Waals surface area contributed by atoms with E-state index in [1.807, 2.05) is 104 Å². The number of nitrogens with zero attached hydrogens (tertiary/aromatic N) is 5. The number of carbonyl (C=O) groups excluding carboxylic acids is 10. The number of β-lactam (4-membered cyclic amide) rings is 2. The Morgan fingerprint density at radius 3 is 0.748 bits per heavy atom. The Labute approximate surface area is 617 Å². The zero-order chi connectivity index (χ0) is 73.3. The first-order valence-electron chi connectivity index (χ1n) is 43.1. The second-order valence-corrected chi connectivity index (χ2v) is 41.7. The van der Waals surface area contributed by atoms with Crippen LogP contribution in [0.4, 0.5) is 0 Å². The predicted molar refractivity (Wildman–Crippen MR) is 392 cm³/mol. The van der Waals surface area contributed by atoms with E-state index in [2.05, 4.69) is 0 Å². The number of hydrogen-bond acceptors (Lipinski definition) is 10. The Hall–Kier alpha value is -4.30. The average Bonchev–Trinajstić information content (AvgIpc) is 1.37. The molecule has 5 saturated heterocycles. The van der Waals surface area contributed by atoms with Gasteiger partial charge in [0.2, 0.25) is 59.1 Å². The summed E-state index contributed by atoms with van der Waals surface area (Å²) >= 11 is 0. The maximum atomic E-state index is 13.0. The molecule has 0 N–H and O–H groups in total. The first-order valence-corrected chi connectivity index (χ1v) is 43.1. The molecule has 0 aromatic heterocycles. The normalized spacial score (nSPS) is 44.7. The molecule has 0 aromatic carbocycles.